The molecule has 0 N–H and O–H groups in total. The molecule has 0 saturated carbocycles. The molecule has 4 rings (SSSR count). The van der Waals surface area contributed by atoms with E-state index in [1.165, 1.54) is 5.56 Å². The third-order valence-corrected chi connectivity index (χ3v) is 6.07. The van der Waals surface area contributed by atoms with Crippen molar-refractivity contribution in [2.24, 2.45) is 0 Å². The highest BCUT2D eigenvalue weighted by molar-refractivity contribution is 7.98. The summed E-state index contributed by atoms with van der Waals surface area (Å²) < 4.78 is 3.98. The fraction of sp³-hybridized carbons (Fsp3) is 0.318. The molecule has 1 atom stereocenters. The van der Waals surface area contributed by atoms with E-state index in [0.717, 1.165) is 35.5 Å². The number of nitrogens with zero attached hydrogens (tertiary/aromatic N) is 8. The molecule has 1 unspecified atom stereocenters. The van der Waals surface area contributed by atoms with Gasteiger partial charge in [0.15, 0.2) is 16.8 Å². The van der Waals surface area contributed by atoms with Crippen LogP contribution in [0.3, 0.4) is 0 Å². The number of benzene rings is 2. The van der Waals surface area contributed by atoms with Crippen molar-refractivity contribution >= 4 is 11.8 Å². The minimum Gasteiger partial charge on any atom is -0.300 e. The monoisotopic (exact) mass is 434 g/mol. The van der Waals surface area contributed by atoms with E-state index in [0.29, 0.717) is 5.75 Å². The van der Waals surface area contributed by atoms with Crippen molar-refractivity contribution in [3.05, 3.63) is 77.9 Å². The van der Waals surface area contributed by atoms with Gasteiger partial charge in [-0.3, -0.25) is 4.90 Å². The van der Waals surface area contributed by atoms with Gasteiger partial charge in [-0.15, -0.1) is 15.3 Å². The Labute approximate surface area is 186 Å². The van der Waals surface area contributed by atoms with Gasteiger partial charge in [0.25, 0.3) is 0 Å². The standard InChI is InChI=1S/C22H26N8S/c1-4-19(28(2)3)21-24-25-22(29(21)15-17-11-7-5-8-12-17)31-16-20-23-26-27-30(20)18-13-9-6-10-14-18/h5-14,19H,4,15-16H2,1-3H3. The molecule has 0 spiro atoms. The number of thioether (sulfide) groups is 1. The van der Waals surface area contributed by atoms with Crippen LogP contribution in [0.2, 0.25) is 0 Å². The lowest BCUT2D eigenvalue weighted by Gasteiger charge is -2.23. The predicted molar refractivity (Wildman–Crippen MR) is 121 cm³/mol. The predicted octanol–water partition coefficient (Wildman–Crippen LogP) is 3.61. The molecule has 8 nitrogen and oxygen atoms in total. The minimum absolute atomic E-state index is 0.195. The van der Waals surface area contributed by atoms with E-state index in [2.05, 4.69) is 80.5 Å². The van der Waals surface area contributed by atoms with Gasteiger partial charge in [0.05, 0.1) is 24.0 Å². The molecule has 160 valence electrons. The largest absolute Gasteiger partial charge is 0.300 e. The molecule has 0 radical (unpaired) electrons. The Hall–Kier alpha value is -3.04. The Morgan fingerprint density at radius 2 is 1.65 bits per heavy atom. The second kappa shape index (κ2) is 9.84. The average Bonchev–Trinajstić information content (AvgIpc) is 3.41. The Kier molecular flexibility index (Phi) is 6.73. The Bertz CT molecular complexity index is 1090. The smallest absolute Gasteiger partial charge is 0.192 e. The molecule has 0 aliphatic rings. The fourth-order valence-electron chi connectivity index (χ4n) is 3.54. The molecule has 0 amide bonds. The number of tetrazole rings is 1. The van der Waals surface area contributed by atoms with Gasteiger partial charge in [0.2, 0.25) is 0 Å². The number of hydrogen-bond donors (Lipinski definition) is 0. The molecule has 0 aliphatic heterocycles. The zero-order chi connectivity index (χ0) is 21.6. The first-order valence-electron chi connectivity index (χ1n) is 10.3. The second-order valence-electron chi connectivity index (χ2n) is 7.43. The summed E-state index contributed by atoms with van der Waals surface area (Å²) in [6.45, 7) is 2.90. The van der Waals surface area contributed by atoms with Gasteiger partial charge in [-0.1, -0.05) is 67.2 Å². The number of hydrogen-bond acceptors (Lipinski definition) is 7. The van der Waals surface area contributed by atoms with Crippen LogP contribution in [0, 0.1) is 0 Å². The van der Waals surface area contributed by atoms with Gasteiger partial charge < -0.3 is 4.57 Å². The molecule has 0 bridgehead atoms. The summed E-state index contributed by atoms with van der Waals surface area (Å²) in [7, 11) is 4.16. The summed E-state index contributed by atoms with van der Waals surface area (Å²) in [5.41, 5.74) is 2.15. The van der Waals surface area contributed by atoms with Gasteiger partial charge in [-0.05, 0) is 48.6 Å². The first-order valence-corrected chi connectivity index (χ1v) is 11.2. The SMILES string of the molecule is CCC(c1nnc(SCc2nnnn2-c2ccccc2)n1Cc1ccccc1)N(C)C. The maximum absolute atomic E-state index is 4.58. The highest BCUT2D eigenvalue weighted by Gasteiger charge is 2.22. The molecule has 0 fully saturated rings. The zero-order valence-corrected chi connectivity index (χ0v) is 18.8. The Balaban J connectivity index is 1.61. The topological polar surface area (TPSA) is 77.5 Å². The average molecular weight is 435 g/mol. The second-order valence-corrected chi connectivity index (χ2v) is 8.37. The molecule has 9 heteroatoms. The summed E-state index contributed by atoms with van der Waals surface area (Å²) in [5, 5.41) is 22.2. The zero-order valence-electron chi connectivity index (χ0n) is 18.0. The summed E-state index contributed by atoms with van der Waals surface area (Å²) >= 11 is 1.60. The molecule has 0 saturated heterocycles. The van der Waals surface area contributed by atoms with E-state index >= 15 is 0 Å². The fourth-order valence-corrected chi connectivity index (χ4v) is 4.39. The summed E-state index contributed by atoms with van der Waals surface area (Å²) in [6, 6.07) is 20.5. The van der Waals surface area contributed by atoms with Crippen molar-refractivity contribution in [1.29, 1.82) is 0 Å². The van der Waals surface area contributed by atoms with Crippen LogP contribution in [0.1, 0.15) is 36.6 Å². The van der Waals surface area contributed by atoms with Crippen LogP contribution in [-0.2, 0) is 12.3 Å². The first-order chi connectivity index (χ1) is 15.2. The van der Waals surface area contributed by atoms with Crippen molar-refractivity contribution < 1.29 is 0 Å². The van der Waals surface area contributed by atoms with Crippen LogP contribution in [0.5, 0.6) is 0 Å². The van der Waals surface area contributed by atoms with Crippen molar-refractivity contribution in [3.8, 4) is 5.69 Å². The third-order valence-electron chi connectivity index (χ3n) is 5.10. The van der Waals surface area contributed by atoms with Crippen molar-refractivity contribution in [3.63, 3.8) is 0 Å². The molecular weight excluding hydrogens is 408 g/mol. The highest BCUT2D eigenvalue weighted by atomic mass is 32.2. The van der Waals surface area contributed by atoms with Crippen LogP contribution >= 0.6 is 11.8 Å². The molecule has 31 heavy (non-hydrogen) atoms. The van der Waals surface area contributed by atoms with Crippen molar-refractivity contribution in [1.82, 2.24) is 39.9 Å². The van der Waals surface area contributed by atoms with Crippen LogP contribution in [-0.4, -0.2) is 54.0 Å². The molecule has 2 aromatic carbocycles. The van der Waals surface area contributed by atoms with Gasteiger partial charge in [-0.25, -0.2) is 0 Å². The van der Waals surface area contributed by atoms with Gasteiger partial charge in [-0.2, -0.15) is 4.68 Å². The van der Waals surface area contributed by atoms with E-state index in [1.54, 1.807) is 16.4 Å². The Morgan fingerprint density at radius 3 is 2.32 bits per heavy atom. The summed E-state index contributed by atoms with van der Waals surface area (Å²) in [6.07, 6.45) is 0.955. The first kappa shape index (κ1) is 21.2. The van der Waals surface area contributed by atoms with Gasteiger partial charge in [0.1, 0.15) is 0 Å². The number of para-hydroxylation sites is 1. The van der Waals surface area contributed by atoms with E-state index in [9.17, 15) is 0 Å². The quantitative estimate of drug-likeness (QED) is 0.372. The van der Waals surface area contributed by atoms with Gasteiger partial charge in [0, 0.05) is 0 Å². The third kappa shape index (κ3) is 4.83. The van der Waals surface area contributed by atoms with Gasteiger partial charge >= 0.3 is 0 Å². The Morgan fingerprint density at radius 1 is 0.935 bits per heavy atom. The van der Waals surface area contributed by atoms with E-state index in [-0.39, 0.29) is 6.04 Å². The number of rotatable bonds is 9. The van der Waals surface area contributed by atoms with Crippen LogP contribution in [0.25, 0.3) is 5.69 Å². The van der Waals surface area contributed by atoms with Crippen molar-refractivity contribution in [2.45, 2.75) is 36.8 Å². The molecular formula is C22H26N8S. The lowest BCUT2D eigenvalue weighted by atomic mass is 10.2. The highest BCUT2D eigenvalue weighted by Crippen LogP contribution is 2.28. The lowest BCUT2D eigenvalue weighted by Crippen LogP contribution is -2.23. The summed E-state index contributed by atoms with van der Waals surface area (Å²) in [5.74, 6) is 2.33. The normalized spacial score (nSPS) is 12.4. The molecule has 2 aromatic heterocycles. The maximum atomic E-state index is 4.58. The maximum Gasteiger partial charge on any atom is 0.192 e. The molecule has 0 aliphatic carbocycles. The van der Waals surface area contributed by atoms with Crippen molar-refractivity contribution in [2.75, 3.05) is 14.1 Å². The van der Waals surface area contributed by atoms with E-state index in [1.807, 2.05) is 36.4 Å². The van der Waals surface area contributed by atoms with E-state index < -0.39 is 0 Å². The van der Waals surface area contributed by atoms with Crippen LogP contribution in [0.4, 0.5) is 0 Å². The van der Waals surface area contributed by atoms with Crippen LogP contribution in [0.15, 0.2) is 65.8 Å². The lowest BCUT2D eigenvalue weighted by molar-refractivity contribution is 0.272. The van der Waals surface area contributed by atoms with E-state index in [4.69, 9.17) is 0 Å². The molecule has 4 aromatic rings. The van der Waals surface area contributed by atoms with Crippen LogP contribution < -0.4 is 0 Å². The summed E-state index contributed by atoms with van der Waals surface area (Å²) in [4.78, 5) is 2.19. The number of aromatic nitrogens is 7. The minimum atomic E-state index is 0.195. The molecule has 2 heterocycles.